The van der Waals surface area contributed by atoms with Gasteiger partial charge in [-0.1, -0.05) is 11.6 Å². The fraction of sp³-hybridized carbons (Fsp3) is 0.333. The lowest BCUT2D eigenvalue weighted by molar-refractivity contribution is -0.384. The summed E-state index contributed by atoms with van der Waals surface area (Å²) in [6.45, 7) is 2.68. The van der Waals surface area contributed by atoms with E-state index in [-0.39, 0.29) is 16.7 Å². The first-order chi connectivity index (χ1) is 11.6. The van der Waals surface area contributed by atoms with Gasteiger partial charge in [-0.15, -0.1) is 0 Å². The van der Waals surface area contributed by atoms with Crippen molar-refractivity contribution in [2.75, 3.05) is 43.1 Å². The second-order valence-corrected chi connectivity index (χ2v) is 5.62. The zero-order chi connectivity index (χ0) is 17.1. The molecule has 2 aromatic rings. The van der Waals surface area contributed by atoms with Crippen molar-refractivity contribution in [1.82, 2.24) is 9.97 Å². The average molecular weight is 350 g/mol. The summed E-state index contributed by atoms with van der Waals surface area (Å²) in [7, 11) is 1.63. The van der Waals surface area contributed by atoms with Crippen LogP contribution in [0.1, 0.15) is 0 Å². The van der Waals surface area contributed by atoms with Crippen molar-refractivity contribution >= 4 is 28.8 Å². The minimum absolute atomic E-state index is 0.136. The number of methoxy groups -OCH3 is 1. The molecule has 0 aliphatic carbocycles. The van der Waals surface area contributed by atoms with Crippen molar-refractivity contribution in [3.05, 3.63) is 45.9 Å². The first kappa shape index (κ1) is 16.3. The van der Waals surface area contributed by atoms with E-state index in [1.54, 1.807) is 7.11 Å². The molecule has 0 unspecified atom stereocenters. The van der Waals surface area contributed by atoms with Gasteiger partial charge in [0, 0.05) is 31.9 Å². The van der Waals surface area contributed by atoms with Gasteiger partial charge in [-0.3, -0.25) is 10.1 Å². The molecular formula is C15H16ClN5O3. The maximum atomic E-state index is 11.2. The van der Waals surface area contributed by atoms with E-state index in [0.717, 1.165) is 24.5 Å². The third-order valence-electron chi connectivity index (χ3n) is 3.96. The number of benzene rings is 1. The standard InChI is InChI=1S/C15H16ClN5O3/c1-24-12-4-2-11(3-5-12)19-6-8-20(9-7-19)15-13(21(22)23)14(16)17-10-18-15/h2-5,10H,6-9H2,1H3. The number of nitro groups is 1. The predicted molar refractivity (Wildman–Crippen MR) is 91.1 cm³/mol. The Morgan fingerprint density at radius 3 is 2.33 bits per heavy atom. The first-order valence-electron chi connectivity index (χ1n) is 7.39. The van der Waals surface area contributed by atoms with E-state index in [2.05, 4.69) is 14.9 Å². The van der Waals surface area contributed by atoms with Gasteiger partial charge in [0.05, 0.1) is 12.0 Å². The Morgan fingerprint density at radius 2 is 1.75 bits per heavy atom. The molecule has 9 heteroatoms. The molecule has 126 valence electrons. The van der Waals surface area contributed by atoms with Gasteiger partial charge in [-0.25, -0.2) is 9.97 Å². The predicted octanol–water partition coefficient (Wildman–Crippen LogP) is 2.37. The lowest BCUT2D eigenvalue weighted by Crippen LogP contribution is -2.47. The van der Waals surface area contributed by atoms with Crippen LogP contribution < -0.4 is 14.5 Å². The number of hydrogen-bond donors (Lipinski definition) is 0. The lowest BCUT2D eigenvalue weighted by Gasteiger charge is -2.36. The van der Waals surface area contributed by atoms with E-state index in [9.17, 15) is 10.1 Å². The van der Waals surface area contributed by atoms with Gasteiger partial charge in [-0.2, -0.15) is 0 Å². The Balaban J connectivity index is 1.73. The van der Waals surface area contributed by atoms with Crippen molar-refractivity contribution in [2.24, 2.45) is 0 Å². The molecular weight excluding hydrogens is 334 g/mol. The molecule has 0 N–H and O–H groups in total. The summed E-state index contributed by atoms with van der Waals surface area (Å²) in [6.07, 6.45) is 1.25. The normalized spacial score (nSPS) is 14.6. The fourth-order valence-electron chi connectivity index (χ4n) is 2.71. The van der Waals surface area contributed by atoms with Gasteiger partial charge < -0.3 is 14.5 Å². The lowest BCUT2D eigenvalue weighted by atomic mass is 10.2. The summed E-state index contributed by atoms with van der Waals surface area (Å²) in [5, 5.41) is 11.1. The number of anilines is 2. The van der Waals surface area contributed by atoms with E-state index in [1.807, 2.05) is 29.2 Å². The Morgan fingerprint density at radius 1 is 1.12 bits per heavy atom. The molecule has 0 atom stereocenters. The molecule has 0 radical (unpaired) electrons. The smallest absolute Gasteiger partial charge is 0.348 e. The highest BCUT2D eigenvalue weighted by Crippen LogP contribution is 2.32. The minimum atomic E-state index is -0.534. The van der Waals surface area contributed by atoms with Crippen molar-refractivity contribution < 1.29 is 9.66 Å². The highest BCUT2D eigenvalue weighted by molar-refractivity contribution is 6.31. The zero-order valence-electron chi connectivity index (χ0n) is 13.1. The van der Waals surface area contributed by atoms with E-state index < -0.39 is 4.92 Å². The Hall–Kier alpha value is -2.61. The van der Waals surface area contributed by atoms with Gasteiger partial charge in [0.2, 0.25) is 11.0 Å². The largest absolute Gasteiger partial charge is 0.497 e. The van der Waals surface area contributed by atoms with Crippen LogP contribution in [-0.4, -0.2) is 48.2 Å². The highest BCUT2D eigenvalue weighted by Gasteiger charge is 2.28. The second-order valence-electron chi connectivity index (χ2n) is 5.27. The molecule has 1 aromatic heterocycles. The fourth-order valence-corrected chi connectivity index (χ4v) is 2.90. The van der Waals surface area contributed by atoms with Crippen molar-refractivity contribution in [3.63, 3.8) is 0 Å². The Kier molecular flexibility index (Phi) is 4.66. The monoisotopic (exact) mass is 349 g/mol. The van der Waals surface area contributed by atoms with Crippen molar-refractivity contribution in [1.29, 1.82) is 0 Å². The summed E-state index contributed by atoms with van der Waals surface area (Å²) in [6, 6.07) is 7.82. The van der Waals surface area contributed by atoms with Gasteiger partial charge in [0.1, 0.15) is 12.1 Å². The summed E-state index contributed by atoms with van der Waals surface area (Å²) in [5.41, 5.74) is 0.850. The average Bonchev–Trinajstić information content (AvgIpc) is 2.61. The van der Waals surface area contributed by atoms with Crippen LogP contribution >= 0.6 is 11.6 Å². The van der Waals surface area contributed by atoms with Gasteiger partial charge in [0.25, 0.3) is 0 Å². The van der Waals surface area contributed by atoms with E-state index in [1.165, 1.54) is 6.33 Å². The molecule has 24 heavy (non-hydrogen) atoms. The summed E-state index contributed by atoms with van der Waals surface area (Å²) < 4.78 is 5.16. The van der Waals surface area contributed by atoms with E-state index in [4.69, 9.17) is 16.3 Å². The molecule has 1 saturated heterocycles. The van der Waals surface area contributed by atoms with Gasteiger partial charge in [0.15, 0.2) is 0 Å². The number of halogens is 1. The van der Waals surface area contributed by atoms with Crippen LogP contribution in [0.5, 0.6) is 5.75 Å². The summed E-state index contributed by atoms with van der Waals surface area (Å²) in [5.74, 6) is 1.08. The van der Waals surface area contributed by atoms with E-state index >= 15 is 0 Å². The molecule has 8 nitrogen and oxygen atoms in total. The molecule has 3 rings (SSSR count). The number of aromatic nitrogens is 2. The Bertz CT molecular complexity index is 732. The van der Waals surface area contributed by atoms with Crippen LogP contribution in [0.25, 0.3) is 0 Å². The van der Waals surface area contributed by atoms with Crippen LogP contribution in [0.4, 0.5) is 17.2 Å². The molecule has 1 fully saturated rings. The summed E-state index contributed by atoms with van der Waals surface area (Å²) >= 11 is 5.86. The van der Waals surface area contributed by atoms with Crippen LogP contribution in [0.15, 0.2) is 30.6 Å². The third kappa shape index (κ3) is 3.18. The topological polar surface area (TPSA) is 84.6 Å². The van der Waals surface area contributed by atoms with Crippen molar-refractivity contribution in [3.8, 4) is 5.75 Å². The van der Waals surface area contributed by atoms with Crippen LogP contribution in [0.3, 0.4) is 0 Å². The molecule has 1 aliphatic heterocycles. The highest BCUT2D eigenvalue weighted by atomic mass is 35.5. The molecule has 2 heterocycles. The number of hydrogen-bond acceptors (Lipinski definition) is 7. The number of rotatable bonds is 4. The third-order valence-corrected chi connectivity index (χ3v) is 4.23. The molecule has 0 bridgehead atoms. The second kappa shape index (κ2) is 6.88. The van der Waals surface area contributed by atoms with E-state index in [0.29, 0.717) is 13.1 Å². The zero-order valence-corrected chi connectivity index (χ0v) is 13.8. The Labute approximate surface area is 143 Å². The van der Waals surface area contributed by atoms with Gasteiger partial charge in [-0.05, 0) is 24.3 Å². The maximum Gasteiger partial charge on any atom is 0.348 e. The van der Waals surface area contributed by atoms with Crippen molar-refractivity contribution in [2.45, 2.75) is 0 Å². The molecule has 1 aromatic carbocycles. The minimum Gasteiger partial charge on any atom is -0.497 e. The van der Waals surface area contributed by atoms with Crippen LogP contribution in [0, 0.1) is 10.1 Å². The number of piperazine rings is 1. The van der Waals surface area contributed by atoms with Gasteiger partial charge >= 0.3 is 5.69 Å². The quantitative estimate of drug-likeness (QED) is 0.476. The molecule has 0 amide bonds. The number of ether oxygens (including phenoxy) is 1. The number of nitrogens with zero attached hydrogens (tertiary/aromatic N) is 5. The first-order valence-corrected chi connectivity index (χ1v) is 7.77. The molecule has 1 aliphatic rings. The maximum absolute atomic E-state index is 11.2. The molecule has 0 saturated carbocycles. The van der Waals surface area contributed by atoms with Crippen LogP contribution in [0.2, 0.25) is 5.15 Å². The molecule has 0 spiro atoms. The summed E-state index contributed by atoms with van der Waals surface area (Å²) in [4.78, 5) is 22.5. The SMILES string of the molecule is COc1ccc(N2CCN(c3ncnc(Cl)c3[N+](=O)[O-])CC2)cc1. The van der Waals surface area contributed by atoms with Crippen LogP contribution in [-0.2, 0) is 0 Å².